The van der Waals surface area contributed by atoms with Gasteiger partial charge in [0.15, 0.2) is 0 Å². The third kappa shape index (κ3) is 4.67. The van der Waals surface area contributed by atoms with Crippen molar-refractivity contribution in [1.82, 2.24) is 10.2 Å². The second kappa shape index (κ2) is 8.55. The van der Waals surface area contributed by atoms with E-state index in [4.69, 9.17) is 0 Å². The Morgan fingerprint density at radius 3 is 2.59 bits per heavy atom. The molecule has 0 unspecified atom stereocenters. The van der Waals surface area contributed by atoms with E-state index in [1.807, 2.05) is 30.3 Å². The number of carbonyl (C=O) groups is 3. The molecule has 0 bridgehead atoms. The summed E-state index contributed by atoms with van der Waals surface area (Å²) in [4.78, 5) is 41.2. The molecule has 6 nitrogen and oxygen atoms in total. The van der Waals surface area contributed by atoms with Crippen LogP contribution in [0.1, 0.15) is 33.1 Å². The number of nitrogens with zero attached hydrogens (tertiary/aromatic N) is 2. The molecule has 0 radical (unpaired) electrons. The van der Waals surface area contributed by atoms with Crippen LogP contribution in [0.15, 0.2) is 30.3 Å². The van der Waals surface area contributed by atoms with Gasteiger partial charge < -0.3 is 15.1 Å². The summed E-state index contributed by atoms with van der Waals surface area (Å²) < 4.78 is 0. The second-order valence-electron chi connectivity index (χ2n) is 8.00. The van der Waals surface area contributed by atoms with Crippen LogP contribution in [0.5, 0.6) is 0 Å². The summed E-state index contributed by atoms with van der Waals surface area (Å²) in [6.45, 7) is 6.33. The molecule has 3 rings (SSSR count). The molecule has 0 aliphatic carbocycles. The molecule has 1 aromatic rings. The van der Waals surface area contributed by atoms with E-state index in [9.17, 15) is 14.4 Å². The summed E-state index contributed by atoms with van der Waals surface area (Å²) in [6, 6.07) is 9.47. The molecule has 6 heteroatoms. The average Bonchev–Trinajstić information content (AvgIpc) is 3.08. The third-order valence-corrected chi connectivity index (χ3v) is 5.33. The maximum Gasteiger partial charge on any atom is 0.228 e. The van der Waals surface area contributed by atoms with Gasteiger partial charge in [0.05, 0.1) is 11.8 Å². The molecule has 2 aliphatic heterocycles. The molecule has 2 atom stereocenters. The van der Waals surface area contributed by atoms with E-state index in [0.29, 0.717) is 32.1 Å². The van der Waals surface area contributed by atoms with E-state index in [2.05, 4.69) is 19.2 Å². The zero-order valence-electron chi connectivity index (χ0n) is 16.2. The van der Waals surface area contributed by atoms with Crippen LogP contribution >= 0.6 is 0 Å². The fourth-order valence-corrected chi connectivity index (χ4v) is 3.83. The molecule has 1 N–H and O–H groups in total. The van der Waals surface area contributed by atoms with Crippen molar-refractivity contribution in [2.45, 2.75) is 33.1 Å². The Bertz CT molecular complexity index is 689. The van der Waals surface area contributed by atoms with Crippen LogP contribution in [0.25, 0.3) is 0 Å². The lowest BCUT2D eigenvalue weighted by atomic mass is 9.95. The molecule has 2 saturated heterocycles. The Labute approximate surface area is 160 Å². The topological polar surface area (TPSA) is 69.7 Å². The van der Waals surface area contributed by atoms with Gasteiger partial charge in [-0.25, -0.2) is 0 Å². The number of piperidine rings is 1. The van der Waals surface area contributed by atoms with E-state index < -0.39 is 0 Å². The third-order valence-electron chi connectivity index (χ3n) is 5.33. The Balaban J connectivity index is 1.59. The van der Waals surface area contributed by atoms with Crippen LogP contribution in [0, 0.1) is 17.8 Å². The van der Waals surface area contributed by atoms with Crippen LogP contribution in [-0.4, -0.2) is 48.8 Å². The van der Waals surface area contributed by atoms with Crippen molar-refractivity contribution in [3.63, 3.8) is 0 Å². The van der Waals surface area contributed by atoms with E-state index in [-0.39, 0.29) is 36.0 Å². The highest BCUT2D eigenvalue weighted by molar-refractivity contribution is 6.00. The summed E-state index contributed by atoms with van der Waals surface area (Å²) in [6.07, 6.45) is 1.89. The highest BCUT2D eigenvalue weighted by Gasteiger charge is 2.39. The molecule has 2 aliphatic rings. The Hall–Kier alpha value is -2.37. The monoisotopic (exact) mass is 371 g/mol. The SMILES string of the molecule is CC(C)CNC(=O)[C@@H]1CCCN(C(=O)[C@H]2CC(=O)N(c3ccccc3)C2)C1. The van der Waals surface area contributed by atoms with Gasteiger partial charge in [-0.1, -0.05) is 32.0 Å². The lowest BCUT2D eigenvalue weighted by Gasteiger charge is -2.33. The smallest absolute Gasteiger partial charge is 0.228 e. The van der Waals surface area contributed by atoms with Crippen molar-refractivity contribution in [2.24, 2.45) is 17.8 Å². The Morgan fingerprint density at radius 1 is 1.15 bits per heavy atom. The number of nitrogens with one attached hydrogen (secondary N) is 1. The maximum absolute atomic E-state index is 13.0. The largest absolute Gasteiger partial charge is 0.356 e. The number of carbonyl (C=O) groups excluding carboxylic acids is 3. The summed E-state index contributed by atoms with van der Waals surface area (Å²) >= 11 is 0. The van der Waals surface area contributed by atoms with Gasteiger partial charge in [-0.2, -0.15) is 0 Å². The normalized spacial score (nSPS) is 23.0. The van der Waals surface area contributed by atoms with E-state index >= 15 is 0 Å². The molecule has 0 spiro atoms. The predicted octanol–water partition coefficient (Wildman–Crippen LogP) is 2.05. The Kier molecular flexibility index (Phi) is 6.14. The van der Waals surface area contributed by atoms with Gasteiger partial charge in [0.25, 0.3) is 0 Å². The second-order valence-corrected chi connectivity index (χ2v) is 8.00. The highest BCUT2D eigenvalue weighted by Crippen LogP contribution is 2.27. The van der Waals surface area contributed by atoms with Crippen LogP contribution in [-0.2, 0) is 14.4 Å². The van der Waals surface area contributed by atoms with E-state index in [1.54, 1.807) is 9.80 Å². The fraction of sp³-hybridized carbons (Fsp3) is 0.571. The molecule has 0 aromatic heterocycles. The first kappa shape index (κ1) is 19.4. The van der Waals surface area contributed by atoms with Crippen LogP contribution < -0.4 is 10.2 Å². The summed E-state index contributed by atoms with van der Waals surface area (Å²) in [7, 11) is 0. The Morgan fingerprint density at radius 2 is 1.89 bits per heavy atom. The lowest BCUT2D eigenvalue weighted by Crippen LogP contribution is -2.48. The first-order chi connectivity index (χ1) is 13.0. The van der Waals surface area contributed by atoms with Crippen LogP contribution in [0.2, 0.25) is 0 Å². The molecular weight excluding hydrogens is 342 g/mol. The summed E-state index contributed by atoms with van der Waals surface area (Å²) in [5.74, 6) is -0.0387. The first-order valence-corrected chi connectivity index (χ1v) is 9.87. The fourth-order valence-electron chi connectivity index (χ4n) is 3.83. The predicted molar refractivity (Wildman–Crippen MR) is 104 cm³/mol. The van der Waals surface area contributed by atoms with E-state index in [0.717, 1.165) is 18.5 Å². The number of anilines is 1. The molecule has 146 valence electrons. The van der Waals surface area contributed by atoms with Gasteiger partial charge >= 0.3 is 0 Å². The molecule has 2 fully saturated rings. The van der Waals surface area contributed by atoms with Crippen LogP contribution in [0.3, 0.4) is 0 Å². The highest BCUT2D eigenvalue weighted by atomic mass is 16.2. The zero-order chi connectivity index (χ0) is 19.4. The van der Waals surface area contributed by atoms with Crippen molar-refractivity contribution in [3.8, 4) is 0 Å². The number of hydrogen-bond donors (Lipinski definition) is 1. The van der Waals surface area contributed by atoms with Gasteiger partial charge in [-0.15, -0.1) is 0 Å². The van der Waals surface area contributed by atoms with Gasteiger partial charge in [0.2, 0.25) is 17.7 Å². The van der Waals surface area contributed by atoms with E-state index in [1.165, 1.54) is 0 Å². The van der Waals surface area contributed by atoms with Crippen molar-refractivity contribution in [2.75, 3.05) is 31.1 Å². The van der Waals surface area contributed by atoms with Gasteiger partial charge in [0, 0.05) is 38.3 Å². The number of hydrogen-bond acceptors (Lipinski definition) is 3. The average molecular weight is 371 g/mol. The van der Waals surface area contributed by atoms with Crippen molar-refractivity contribution in [3.05, 3.63) is 30.3 Å². The minimum absolute atomic E-state index is 0.00291. The lowest BCUT2D eigenvalue weighted by molar-refractivity contribution is -0.139. The number of likely N-dealkylation sites (tertiary alicyclic amines) is 1. The van der Waals surface area contributed by atoms with Gasteiger partial charge in [0.1, 0.15) is 0 Å². The molecule has 27 heavy (non-hydrogen) atoms. The molecule has 1 aromatic carbocycles. The standard InChI is InChI=1S/C21H29N3O3/c1-15(2)12-22-20(26)16-7-6-10-23(13-16)21(27)17-11-19(25)24(14-17)18-8-4-3-5-9-18/h3-5,8-9,15-17H,6-7,10-14H2,1-2H3,(H,22,26)/t16-,17+/m1/s1. The number of benzene rings is 1. The molecule has 0 saturated carbocycles. The number of para-hydroxylation sites is 1. The van der Waals surface area contributed by atoms with Crippen LogP contribution in [0.4, 0.5) is 5.69 Å². The molecule has 2 heterocycles. The van der Waals surface area contributed by atoms with Crippen molar-refractivity contribution < 1.29 is 14.4 Å². The number of amides is 3. The summed E-state index contributed by atoms with van der Waals surface area (Å²) in [5, 5.41) is 2.98. The maximum atomic E-state index is 13.0. The number of rotatable bonds is 5. The van der Waals surface area contributed by atoms with Gasteiger partial charge in [-0.05, 0) is 30.9 Å². The molecule has 3 amide bonds. The summed E-state index contributed by atoms with van der Waals surface area (Å²) in [5.41, 5.74) is 0.836. The minimum Gasteiger partial charge on any atom is -0.356 e. The van der Waals surface area contributed by atoms with Gasteiger partial charge in [-0.3, -0.25) is 14.4 Å². The zero-order valence-corrected chi connectivity index (χ0v) is 16.2. The molecular formula is C21H29N3O3. The quantitative estimate of drug-likeness (QED) is 0.861. The van der Waals surface area contributed by atoms with Crippen molar-refractivity contribution in [1.29, 1.82) is 0 Å². The van der Waals surface area contributed by atoms with Crippen molar-refractivity contribution >= 4 is 23.4 Å². The first-order valence-electron chi connectivity index (χ1n) is 9.87. The minimum atomic E-state index is -0.324.